The molecule has 8 heteroatoms. The molecule has 1 aromatic carbocycles. The second-order valence-corrected chi connectivity index (χ2v) is 8.55. The Morgan fingerprint density at radius 3 is 2.96 bits per heavy atom. The lowest BCUT2D eigenvalue weighted by Gasteiger charge is -2.43. The molecule has 1 aromatic rings. The van der Waals surface area contributed by atoms with Crippen molar-refractivity contribution in [2.75, 3.05) is 25.5 Å². The Morgan fingerprint density at radius 1 is 1.43 bits per heavy atom. The first-order valence-electron chi connectivity index (χ1n) is 7.42. The molecule has 2 aliphatic rings. The molecule has 0 unspecified atom stereocenters. The van der Waals surface area contributed by atoms with Crippen LogP contribution in [-0.4, -0.2) is 56.0 Å². The minimum Gasteiger partial charge on any atom is -0.380 e. The van der Waals surface area contributed by atoms with Gasteiger partial charge in [0.15, 0.2) is 9.84 Å². The average Bonchev–Trinajstić information content (AvgIpc) is 2.51. The van der Waals surface area contributed by atoms with Crippen LogP contribution in [0, 0.1) is 5.82 Å². The van der Waals surface area contributed by atoms with Crippen molar-refractivity contribution in [2.24, 2.45) is 0 Å². The third kappa shape index (κ3) is 3.22. The Hall–Kier alpha value is -1.18. The second-order valence-electron chi connectivity index (χ2n) is 5.80. The number of amides is 1. The van der Waals surface area contributed by atoms with E-state index in [0.29, 0.717) is 13.0 Å². The first-order chi connectivity index (χ1) is 10.9. The number of carbonyl (C=O) groups is 1. The molecule has 2 aliphatic heterocycles. The van der Waals surface area contributed by atoms with Gasteiger partial charge in [-0.05, 0) is 18.6 Å². The van der Waals surface area contributed by atoms with E-state index in [2.05, 4.69) is 0 Å². The summed E-state index contributed by atoms with van der Waals surface area (Å²) in [4.78, 5) is 14.2. The molecule has 2 heterocycles. The Morgan fingerprint density at radius 2 is 2.22 bits per heavy atom. The molecule has 0 N–H and O–H groups in total. The smallest absolute Gasteiger partial charge is 0.227 e. The summed E-state index contributed by atoms with van der Waals surface area (Å²) in [6.07, 6.45) is 0.302. The zero-order valence-electron chi connectivity index (χ0n) is 12.4. The fraction of sp³-hybridized carbons (Fsp3) is 0.533. The molecule has 5 nitrogen and oxygen atoms in total. The van der Waals surface area contributed by atoms with Crippen LogP contribution in [0.3, 0.4) is 0 Å². The maximum absolute atomic E-state index is 13.9. The van der Waals surface area contributed by atoms with Gasteiger partial charge in [0.2, 0.25) is 5.91 Å². The van der Waals surface area contributed by atoms with Gasteiger partial charge < -0.3 is 9.64 Å². The van der Waals surface area contributed by atoms with E-state index in [9.17, 15) is 17.6 Å². The monoisotopic (exact) mass is 361 g/mol. The van der Waals surface area contributed by atoms with Gasteiger partial charge in [-0.2, -0.15) is 0 Å². The maximum Gasteiger partial charge on any atom is 0.227 e. The summed E-state index contributed by atoms with van der Waals surface area (Å²) in [5.41, 5.74) is 0.149. The van der Waals surface area contributed by atoms with Crippen LogP contribution in [0.25, 0.3) is 0 Å². The van der Waals surface area contributed by atoms with Crippen molar-refractivity contribution >= 4 is 27.3 Å². The largest absolute Gasteiger partial charge is 0.380 e. The van der Waals surface area contributed by atoms with E-state index in [-0.39, 0.29) is 41.8 Å². The molecule has 0 aliphatic carbocycles. The van der Waals surface area contributed by atoms with Gasteiger partial charge in [0.05, 0.1) is 24.8 Å². The highest BCUT2D eigenvalue weighted by Crippen LogP contribution is 2.28. The summed E-state index contributed by atoms with van der Waals surface area (Å²) in [6.45, 7) is 0.659. The fourth-order valence-corrected chi connectivity index (χ4v) is 5.26. The van der Waals surface area contributed by atoms with Gasteiger partial charge in [0.1, 0.15) is 11.1 Å². The van der Waals surface area contributed by atoms with Crippen LogP contribution in [0.15, 0.2) is 18.2 Å². The standard InChI is InChI=1S/C15H17ClFNO4S/c16-11-2-1-3-12(17)10(11)8-15(19)18-5-7-23(20,21)14-9-22-6-4-13(14)18/h1-3,13-14H,4-9H2/t13-,14+/m1/s1. The van der Waals surface area contributed by atoms with E-state index >= 15 is 0 Å². The number of benzene rings is 1. The lowest BCUT2D eigenvalue weighted by Crippen LogP contribution is -2.60. The van der Waals surface area contributed by atoms with Crippen LogP contribution in [0.5, 0.6) is 0 Å². The van der Waals surface area contributed by atoms with Crippen LogP contribution in [0.4, 0.5) is 4.39 Å². The van der Waals surface area contributed by atoms with Crippen molar-refractivity contribution in [1.29, 1.82) is 0 Å². The normalized spacial score (nSPS) is 26.6. The van der Waals surface area contributed by atoms with E-state index in [1.54, 1.807) is 4.90 Å². The molecule has 3 rings (SSSR count). The van der Waals surface area contributed by atoms with E-state index < -0.39 is 26.9 Å². The number of fused-ring (bicyclic) bond motifs is 1. The first kappa shape index (κ1) is 16.7. The molecule has 126 valence electrons. The topological polar surface area (TPSA) is 63.7 Å². The Bertz CT molecular complexity index is 704. The highest BCUT2D eigenvalue weighted by molar-refractivity contribution is 7.92. The summed E-state index contributed by atoms with van der Waals surface area (Å²) in [5, 5.41) is -0.489. The number of carbonyl (C=O) groups excluding carboxylic acids is 1. The molecule has 0 aromatic heterocycles. The number of hydrogen-bond donors (Lipinski definition) is 0. The van der Waals surface area contributed by atoms with Crippen molar-refractivity contribution < 1.29 is 22.3 Å². The van der Waals surface area contributed by atoms with Gasteiger partial charge in [0, 0.05) is 23.7 Å². The van der Waals surface area contributed by atoms with Gasteiger partial charge in [-0.3, -0.25) is 4.79 Å². The van der Waals surface area contributed by atoms with Crippen molar-refractivity contribution in [3.8, 4) is 0 Å². The third-order valence-electron chi connectivity index (χ3n) is 4.46. The van der Waals surface area contributed by atoms with Gasteiger partial charge in [-0.25, -0.2) is 12.8 Å². The van der Waals surface area contributed by atoms with Crippen molar-refractivity contribution in [3.63, 3.8) is 0 Å². The van der Waals surface area contributed by atoms with Crippen LogP contribution >= 0.6 is 11.6 Å². The number of ether oxygens (including phenoxy) is 1. The van der Waals surface area contributed by atoms with Gasteiger partial charge in [-0.1, -0.05) is 17.7 Å². The summed E-state index contributed by atoms with van der Waals surface area (Å²) >= 11 is 5.97. The van der Waals surface area contributed by atoms with E-state index in [0.717, 1.165) is 0 Å². The van der Waals surface area contributed by atoms with Crippen molar-refractivity contribution in [1.82, 2.24) is 4.90 Å². The predicted octanol–water partition coefficient (Wildman–Crippen LogP) is 1.44. The summed E-state index contributed by atoms with van der Waals surface area (Å²) in [6, 6.07) is 3.87. The highest BCUT2D eigenvalue weighted by Gasteiger charge is 2.45. The van der Waals surface area contributed by atoms with E-state index in [1.165, 1.54) is 18.2 Å². The van der Waals surface area contributed by atoms with Crippen molar-refractivity contribution in [2.45, 2.75) is 24.1 Å². The zero-order valence-corrected chi connectivity index (χ0v) is 13.9. The molecule has 0 bridgehead atoms. The number of rotatable bonds is 2. The summed E-state index contributed by atoms with van der Waals surface area (Å²) in [7, 11) is -3.26. The molecule has 0 radical (unpaired) electrons. The molecule has 23 heavy (non-hydrogen) atoms. The van der Waals surface area contributed by atoms with Gasteiger partial charge in [0.25, 0.3) is 0 Å². The SMILES string of the molecule is O=C(Cc1c(F)cccc1Cl)N1CCS(=O)(=O)[C@H]2COCC[C@H]21. The molecule has 1 amide bonds. The average molecular weight is 362 g/mol. The van der Waals surface area contributed by atoms with E-state index in [1.807, 2.05) is 0 Å². The lowest BCUT2D eigenvalue weighted by atomic mass is 10.0. The number of nitrogens with zero attached hydrogens (tertiary/aromatic N) is 1. The Labute approximate surface area is 139 Å². The summed E-state index contributed by atoms with van der Waals surface area (Å²) < 4.78 is 43.4. The highest BCUT2D eigenvalue weighted by atomic mass is 35.5. The zero-order chi connectivity index (χ0) is 16.6. The minimum absolute atomic E-state index is 0.0890. The predicted molar refractivity (Wildman–Crippen MR) is 83.6 cm³/mol. The minimum atomic E-state index is -3.26. The second kappa shape index (κ2) is 6.37. The fourth-order valence-electron chi connectivity index (χ4n) is 3.21. The van der Waals surface area contributed by atoms with Crippen LogP contribution in [0.1, 0.15) is 12.0 Å². The Kier molecular flexibility index (Phi) is 4.62. The van der Waals surface area contributed by atoms with Gasteiger partial charge in [-0.15, -0.1) is 0 Å². The maximum atomic E-state index is 13.9. The summed E-state index contributed by atoms with van der Waals surface area (Å²) in [5.74, 6) is -0.920. The molecule has 0 saturated carbocycles. The van der Waals surface area contributed by atoms with Crippen molar-refractivity contribution in [3.05, 3.63) is 34.6 Å². The van der Waals surface area contributed by atoms with Crippen LogP contribution in [-0.2, 0) is 25.8 Å². The quantitative estimate of drug-likeness (QED) is 0.799. The molecule has 2 fully saturated rings. The number of halogens is 2. The lowest BCUT2D eigenvalue weighted by molar-refractivity contribution is -0.134. The Balaban J connectivity index is 1.82. The molecular formula is C15H17ClFNO4S. The van der Waals surface area contributed by atoms with Crippen LogP contribution < -0.4 is 0 Å². The van der Waals surface area contributed by atoms with E-state index in [4.69, 9.17) is 16.3 Å². The number of sulfone groups is 1. The molecule has 2 atom stereocenters. The molecular weight excluding hydrogens is 345 g/mol. The molecule has 2 saturated heterocycles. The number of hydrogen-bond acceptors (Lipinski definition) is 4. The first-order valence-corrected chi connectivity index (χ1v) is 9.51. The van der Waals surface area contributed by atoms with Crippen LogP contribution in [0.2, 0.25) is 5.02 Å². The van der Waals surface area contributed by atoms with Gasteiger partial charge >= 0.3 is 0 Å². The third-order valence-corrected chi connectivity index (χ3v) is 6.94. The molecule has 0 spiro atoms.